The third-order valence-corrected chi connectivity index (χ3v) is 13.3. The van der Waals surface area contributed by atoms with Crippen molar-refractivity contribution in [1.82, 2.24) is 0 Å². The van der Waals surface area contributed by atoms with Gasteiger partial charge in [0.05, 0.1) is 6.10 Å². The Morgan fingerprint density at radius 2 is 1.68 bits per heavy atom. The Bertz CT molecular complexity index is 741. The van der Waals surface area contributed by atoms with Crippen LogP contribution in [0.5, 0.6) is 0 Å². The van der Waals surface area contributed by atoms with Crippen molar-refractivity contribution in [2.45, 2.75) is 118 Å². The average molecular weight is 427 g/mol. The van der Waals surface area contributed by atoms with Crippen molar-refractivity contribution in [2.24, 2.45) is 57.2 Å². The fourth-order valence-electron chi connectivity index (χ4n) is 10.9. The molecule has 0 aromatic heterocycles. The zero-order chi connectivity index (χ0) is 22.4. The topological polar surface area (TPSA) is 20.2 Å². The highest BCUT2D eigenvalue weighted by Gasteiger charge is 2.81. The van der Waals surface area contributed by atoms with Crippen LogP contribution in [-0.2, 0) is 0 Å². The van der Waals surface area contributed by atoms with Gasteiger partial charge in [-0.2, -0.15) is 0 Å². The summed E-state index contributed by atoms with van der Waals surface area (Å²) in [5, 5.41) is 10.6. The summed E-state index contributed by atoms with van der Waals surface area (Å²) in [6.45, 7) is 19.2. The summed E-state index contributed by atoms with van der Waals surface area (Å²) < 4.78 is 0. The molecule has 0 bridgehead atoms. The highest BCUT2D eigenvalue weighted by molar-refractivity contribution is 5.29. The van der Waals surface area contributed by atoms with Gasteiger partial charge in [-0.1, -0.05) is 46.8 Å². The highest BCUT2D eigenvalue weighted by Crippen LogP contribution is 2.88. The number of hydrogen-bond donors (Lipinski definition) is 1. The molecule has 1 nitrogen and oxygen atoms in total. The molecule has 5 fully saturated rings. The first-order chi connectivity index (χ1) is 14.5. The second-order valence-corrected chi connectivity index (χ2v) is 14.0. The van der Waals surface area contributed by atoms with Crippen molar-refractivity contribution >= 4 is 0 Å². The van der Waals surface area contributed by atoms with Gasteiger partial charge in [0.1, 0.15) is 0 Å². The van der Waals surface area contributed by atoms with Crippen molar-refractivity contribution in [1.29, 1.82) is 0 Å². The zero-order valence-electron chi connectivity index (χ0n) is 21.5. The lowest BCUT2D eigenvalue weighted by atomic mass is 9.43. The molecule has 0 amide bonds. The van der Waals surface area contributed by atoms with Gasteiger partial charge in [-0.25, -0.2) is 0 Å². The van der Waals surface area contributed by atoms with Crippen LogP contribution in [0.1, 0.15) is 112 Å². The van der Waals surface area contributed by atoms with E-state index in [1.807, 2.05) is 0 Å². The Morgan fingerprint density at radius 3 is 2.39 bits per heavy atom. The predicted molar refractivity (Wildman–Crippen MR) is 131 cm³/mol. The van der Waals surface area contributed by atoms with E-state index in [1.54, 1.807) is 0 Å². The molecule has 5 aliphatic carbocycles. The molecule has 176 valence electrons. The molecular formula is C30H50O. The lowest BCUT2D eigenvalue weighted by molar-refractivity contribution is -0.143. The standard InChI is InChI=1S/C30H50O/c1-19(2)20(3)8-9-21(4)23-12-14-28(7)26-11-10-24-22(5)25(31)13-15-29(24)18-30(26,29)17-16-27(23,28)6/h20-26,31H,1,8-18H2,2-7H3/t20-,21+,22-,23+,24-,25+,26-,27+,28-,29+,30-/m0/s1. The maximum absolute atomic E-state index is 10.6. The summed E-state index contributed by atoms with van der Waals surface area (Å²) in [7, 11) is 0. The molecule has 2 spiro atoms. The molecule has 5 rings (SSSR count). The van der Waals surface area contributed by atoms with E-state index in [4.69, 9.17) is 0 Å². The Hall–Kier alpha value is -0.300. The van der Waals surface area contributed by atoms with E-state index in [2.05, 4.69) is 48.1 Å². The molecule has 0 aromatic rings. The largest absolute Gasteiger partial charge is 0.393 e. The van der Waals surface area contributed by atoms with Gasteiger partial charge in [-0.3, -0.25) is 0 Å². The van der Waals surface area contributed by atoms with Crippen LogP contribution in [-0.4, -0.2) is 11.2 Å². The first-order valence-electron chi connectivity index (χ1n) is 13.9. The van der Waals surface area contributed by atoms with Crippen molar-refractivity contribution in [2.75, 3.05) is 0 Å². The third-order valence-electron chi connectivity index (χ3n) is 13.3. The summed E-state index contributed by atoms with van der Waals surface area (Å²) >= 11 is 0. The minimum absolute atomic E-state index is 0.0347. The van der Waals surface area contributed by atoms with Gasteiger partial charge in [-0.05, 0) is 135 Å². The molecule has 0 unspecified atom stereocenters. The van der Waals surface area contributed by atoms with E-state index in [1.165, 1.54) is 69.8 Å². The van der Waals surface area contributed by atoms with Crippen molar-refractivity contribution < 1.29 is 5.11 Å². The fraction of sp³-hybridized carbons (Fsp3) is 0.933. The lowest BCUT2D eigenvalue weighted by Crippen LogP contribution is -2.55. The number of fused-ring (bicyclic) bond motifs is 2. The number of aliphatic hydroxyl groups is 1. The number of rotatable bonds is 5. The van der Waals surface area contributed by atoms with Gasteiger partial charge in [0.25, 0.3) is 0 Å². The molecule has 0 saturated heterocycles. The molecule has 5 aliphatic rings. The van der Waals surface area contributed by atoms with Crippen LogP contribution in [0.4, 0.5) is 0 Å². The molecule has 5 saturated carbocycles. The maximum Gasteiger partial charge on any atom is 0.0568 e. The molecular weight excluding hydrogens is 376 g/mol. The Morgan fingerprint density at radius 1 is 0.935 bits per heavy atom. The normalized spacial score (nSPS) is 54.7. The Balaban J connectivity index is 1.37. The maximum atomic E-state index is 10.6. The second-order valence-electron chi connectivity index (χ2n) is 14.0. The van der Waals surface area contributed by atoms with Gasteiger partial charge in [0, 0.05) is 0 Å². The van der Waals surface area contributed by atoms with Crippen LogP contribution in [0.25, 0.3) is 0 Å². The van der Waals surface area contributed by atoms with E-state index in [0.717, 1.165) is 30.1 Å². The first-order valence-corrected chi connectivity index (χ1v) is 13.9. The summed E-state index contributed by atoms with van der Waals surface area (Å²) in [4.78, 5) is 0. The lowest BCUT2D eigenvalue weighted by Gasteiger charge is -2.62. The number of allylic oxidation sites excluding steroid dienone is 1. The van der Waals surface area contributed by atoms with E-state index in [9.17, 15) is 5.11 Å². The van der Waals surface area contributed by atoms with Crippen LogP contribution in [0.15, 0.2) is 12.2 Å². The second kappa shape index (κ2) is 7.10. The van der Waals surface area contributed by atoms with E-state index in [-0.39, 0.29) is 6.10 Å². The number of hydrogen-bond acceptors (Lipinski definition) is 1. The molecule has 0 radical (unpaired) electrons. The van der Waals surface area contributed by atoms with Crippen LogP contribution in [0.3, 0.4) is 0 Å². The Kier molecular flexibility index (Phi) is 5.15. The summed E-state index contributed by atoms with van der Waals surface area (Å²) in [6, 6.07) is 0. The van der Waals surface area contributed by atoms with E-state index >= 15 is 0 Å². The summed E-state index contributed by atoms with van der Waals surface area (Å²) in [5.41, 5.74) is 3.69. The zero-order valence-corrected chi connectivity index (χ0v) is 21.5. The first kappa shape index (κ1) is 22.5. The fourth-order valence-corrected chi connectivity index (χ4v) is 10.9. The Labute approximate surface area is 192 Å². The van der Waals surface area contributed by atoms with E-state index < -0.39 is 0 Å². The smallest absolute Gasteiger partial charge is 0.0568 e. The van der Waals surface area contributed by atoms with Gasteiger partial charge >= 0.3 is 0 Å². The van der Waals surface area contributed by atoms with Gasteiger partial charge in [-0.15, -0.1) is 0 Å². The van der Waals surface area contributed by atoms with Crippen molar-refractivity contribution in [3.8, 4) is 0 Å². The molecule has 1 N–H and O–H groups in total. The summed E-state index contributed by atoms with van der Waals surface area (Å²) in [5.74, 6) is 4.71. The molecule has 31 heavy (non-hydrogen) atoms. The molecule has 11 atom stereocenters. The molecule has 0 aromatic carbocycles. The van der Waals surface area contributed by atoms with Crippen molar-refractivity contribution in [3.05, 3.63) is 12.2 Å². The van der Waals surface area contributed by atoms with Gasteiger partial charge in [0.2, 0.25) is 0 Å². The predicted octanol–water partition coefficient (Wildman–Crippen LogP) is 8.02. The molecule has 1 heteroatoms. The SMILES string of the molecule is C=C(C)[C@@H](C)CC[C@@H](C)[C@H]1CC[C@@]2(C)[C@@H]3CC[C@H]4[C@H](C)[C@H](O)CC[C@@]45C[C@@]35CC[C@]12C. The van der Waals surface area contributed by atoms with Crippen molar-refractivity contribution in [3.63, 3.8) is 0 Å². The van der Waals surface area contributed by atoms with Crippen LogP contribution in [0.2, 0.25) is 0 Å². The van der Waals surface area contributed by atoms with Crippen LogP contribution >= 0.6 is 0 Å². The average Bonchev–Trinajstić information content (AvgIpc) is 3.31. The molecule has 0 heterocycles. The highest BCUT2D eigenvalue weighted by atomic mass is 16.3. The summed E-state index contributed by atoms with van der Waals surface area (Å²) in [6.07, 6.45) is 15.3. The van der Waals surface area contributed by atoms with Gasteiger partial charge < -0.3 is 5.11 Å². The minimum atomic E-state index is -0.0347. The van der Waals surface area contributed by atoms with Crippen LogP contribution in [0, 0.1) is 57.2 Å². The van der Waals surface area contributed by atoms with Gasteiger partial charge in [0.15, 0.2) is 0 Å². The quantitative estimate of drug-likeness (QED) is 0.441. The monoisotopic (exact) mass is 426 g/mol. The minimum Gasteiger partial charge on any atom is -0.393 e. The third kappa shape index (κ3) is 2.77. The van der Waals surface area contributed by atoms with Crippen LogP contribution < -0.4 is 0 Å². The van der Waals surface area contributed by atoms with E-state index in [0.29, 0.717) is 33.5 Å². The number of aliphatic hydroxyl groups excluding tert-OH is 1. The molecule has 0 aliphatic heterocycles.